The van der Waals surface area contributed by atoms with Gasteiger partial charge in [-0.05, 0) is 67.6 Å². The molecular weight excluding hydrogens is 505 g/mol. The monoisotopic (exact) mass is 531 g/mol. The molecule has 10 heteroatoms. The van der Waals surface area contributed by atoms with Crippen molar-refractivity contribution in [3.05, 3.63) is 83.6 Å². The van der Waals surface area contributed by atoms with E-state index >= 15 is 0 Å². The predicted octanol–water partition coefficient (Wildman–Crippen LogP) is 4.42. The lowest BCUT2D eigenvalue weighted by molar-refractivity contribution is -0.129. The van der Waals surface area contributed by atoms with E-state index in [0.29, 0.717) is 43.6 Å². The van der Waals surface area contributed by atoms with Gasteiger partial charge in [-0.25, -0.2) is 12.8 Å². The number of carbonyl (C=O) groups excluding carboxylic acids is 1. The number of carbonyl (C=O) groups is 1. The fraction of sp³-hybridized carbons (Fsp3) is 0.269. The lowest BCUT2D eigenvalue weighted by Crippen LogP contribution is -2.52. The van der Waals surface area contributed by atoms with Gasteiger partial charge in [0.25, 0.3) is 10.0 Å². The molecule has 1 fully saturated rings. The zero-order chi connectivity index (χ0) is 25.7. The third kappa shape index (κ3) is 5.74. The van der Waals surface area contributed by atoms with Crippen LogP contribution in [0, 0.1) is 5.82 Å². The van der Waals surface area contributed by atoms with Crippen LogP contribution in [0.2, 0.25) is 5.02 Å². The molecule has 0 radical (unpaired) electrons. The predicted molar refractivity (Wildman–Crippen MR) is 139 cm³/mol. The van der Waals surface area contributed by atoms with Gasteiger partial charge in [-0.15, -0.1) is 0 Å². The lowest BCUT2D eigenvalue weighted by atomic mass is 10.2. The van der Waals surface area contributed by atoms with E-state index in [1.165, 1.54) is 36.4 Å². The highest BCUT2D eigenvalue weighted by molar-refractivity contribution is 7.92. The average molecular weight is 532 g/mol. The van der Waals surface area contributed by atoms with Gasteiger partial charge in [-0.2, -0.15) is 0 Å². The molecule has 1 aliphatic rings. The summed E-state index contributed by atoms with van der Waals surface area (Å²) < 4.78 is 47.4. The Balaban J connectivity index is 1.57. The molecule has 0 atom stereocenters. The Kier molecular flexibility index (Phi) is 8.01. The van der Waals surface area contributed by atoms with E-state index in [0.717, 1.165) is 9.99 Å². The van der Waals surface area contributed by atoms with Gasteiger partial charge in [0.1, 0.15) is 18.1 Å². The molecule has 4 rings (SSSR count). The van der Waals surface area contributed by atoms with Crippen LogP contribution in [0.3, 0.4) is 0 Å². The maximum atomic E-state index is 13.7. The molecule has 0 spiro atoms. The lowest BCUT2D eigenvalue weighted by Gasteiger charge is -2.37. The Morgan fingerprint density at radius 1 is 0.972 bits per heavy atom. The maximum Gasteiger partial charge on any atom is 0.264 e. The summed E-state index contributed by atoms with van der Waals surface area (Å²) in [7, 11) is -4.10. The van der Waals surface area contributed by atoms with Gasteiger partial charge in [0.15, 0.2) is 0 Å². The Morgan fingerprint density at radius 3 is 2.25 bits per heavy atom. The number of piperazine rings is 1. The summed E-state index contributed by atoms with van der Waals surface area (Å²) in [6.45, 7) is 3.70. The van der Waals surface area contributed by atoms with Crippen molar-refractivity contribution in [2.75, 3.05) is 48.5 Å². The molecule has 1 saturated heterocycles. The number of nitrogens with zero attached hydrogens (tertiary/aromatic N) is 3. The maximum absolute atomic E-state index is 13.7. The van der Waals surface area contributed by atoms with Crippen molar-refractivity contribution in [1.82, 2.24) is 4.90 Å². The molecule has 1 amide bonds. The van der Waals surface area contributed by atoms with Crippen LogP contribution in [-0.2, 0) is 14.8 Å². The van der Waals surface area contributed by atoms with Crippen molar-refractivity contribution in [2.24, 2.45) is 0 Å². The van der Waals surface area contributed by atoms with E-state index in [-0.39, 0.29) is 28.9 Å². The summed E-state index contributed by atoms with van der Waals surface area (Å²) in [5.41, 5.74) is 1.16. The number of benzene rings is 3. The fourth-order valence-electron chi connectivity index (χ4n) is 4.06. The number of sulfonamides is 1. The van der Waals surface area contributed by atoms with E-state index in [1.807, 2.05) is 0 Å². The largest absolute Gasteiger partial charge is 0.492 e. The smallest absolute Gasteiger partial charge is 0.264 e. The van der Waals surface area contributed by atoms with E-state index < -0.39 is 10.0 Å². The first kappa shape index (κ1) is 25.8. The standard InChI is InChI=1S/C26H27ClFN3O4S/c1-2-35-25-6-4-3-5-24(25)31(36(33,34)23-13-7-20(27)8-14-23)19-26(32)30-17-15-29(16-18-30)22-11-9-21(28)10-12-22/h3-14H,2,15-19H2,1H3. The Morgan fingerprint density at radius 2 is 1.61 bits per heavy atom. The number of ether oxygens (including phenoxy) is 1. The SMILES string of the molecule is CCOc1ccccc1N(CC(=O)N1CCN(c2ccc(F)cc2)CC1)S(=O)(=O)c1ccc(Cl)cc1. The summed E-state index contributed by atoms with van der Waals surface area (Å²) in [6, 6.07) is 18.8. The van der Waals surface area contributed by atoms with Gasteiger partial charge in [0.2, 0.25) is 5.91 Å². The van der Waals surface area contributed by atoms with Crippen LogP contribution >= 0.6 is 11.6 Å². The van der Waals surface area contributed by atoms with Crippen molar-refractivity contribution < 1.29 is 22.3 Å². The van der Waals surface area contributed by atoms with E-state index in [1.54, 1.807) is 48.2 Å². The number of para-hydroxylation sites is 2. The molecule has 0 saturated carbocycles. The van der Waals surface area contributed by atoms with E-state index in [9.17, 15) is 17.6 Å². The van der Waals surface area contributed by atoms with Gasteiger partial charge in [0.05, 0.1) is 17.2 Å². The van der Waals surface area contributed by atoms with Gasteiger partial charge >= 0.3 is 0 Å². The number of rotatable bonds is 8. The zero-order valence-electron chi connectivity index (χ0n) is 19.8. The molecule has 3 aromatic rings. The quantitative estimate of drug-likeness (QED) is 0.430. The molecule has 1 heterocycles. The molecule has 3 aromatic carbocycles. The number of halogens is 2. The van der Waals surface area contributed by atoms with Crippen LogP contribution in [0.4, 0.5) is 15.8 Å². The van der Waals surface area contributed by atoms with Crippen LogP contribution in [0.15, 0.2) is 77.7 Å². The van der Waals surface area contributed by atoms with Gasteiger partial charge < -0.3 is 14.5 Å². The molecule has 0 bridgehead atoms. The fourth-order valence-corrected chi connectivity index (χ4v) is 5.61. The third-order valence-electron chi connectivity index (χ3n) is 5.94. The van der Waals surface area contributed by atoms with Crippen molar-refractivity contribution in [1.29, 1.82) is 0 Å². The van der Waals surface area contributed by atoms with Crippen LogP contribution in [0.5, 0.6) is 5.75 Å². The summed E-state index contributed by atoms with van der Waals surface area (Å²) in [4.78, 5) is 17.1. The normalized spacial score (nSPS) is 14.0. The molecule has 0 N–H and O–H groups in total. The Labute approximate surface area is 215 Å². The average Bonchev–Trinajstić information content (AvgIpc) is 2.88. The minimum Gasteiger partial charge on any atom is -0.492 e. The number of hydrogen-bond donors (Lipinski definition) is 0. The summed E-state index contributed by atoms with van der Waals surface area (Å²) in [5.74, 6) is -0.258. The number of amides is 1. The number of hydrogen-bond acceptors (Lipinski definition) is 5. The summed E-state index contributed by atoms with van der Waals surface area (Å²) in [5, 5.41) is 0.408. The summed E-state index contributed by atoms with van der Waals surface area (Å²) >= 11 is 5.96. The molecule has 0 aliphatic carbocycles. The van der Waals surface area contributed by atoms with Crippen molar-refractivity contribution in [2.45, 2.75) is 11.8 Å². The highest BCUT2D eigenvalue weighted by Gasteiger charge is 2.32. The second-order valence-electron chi connectivity index (χ2n) is 8.21. The van der Waals surface area contributed by atoms with Crippen molar-refractivity contribution >= 4 is 38.9 Å². The van der Waals surface area contributed by atoms with Crippen LogP contribution in [-0.4, -0.2) is 58.6 Å². The van der Waals surface area contributed by atoms with Crippen molar-refractivity contribution in [3.8, 4) is 5.75 Å². The first-order valence-electron chi connectivity index (χ1n) is 11.6. The molecule has 0 unspecified atom stereocenters. The van der Waals surface area contributed by atoms with Gasteiger partial charge in [0, 0.05) is 36.9 Å². The molecule has 36 heavy (non-hydrogen) atoms. The third-order valence-corrected chi connectivity index (χ3v) is 7.96. The van der Waals surface area contributed by atoms with Crippen LogP contribution in [0.1, 0.15) is 6.92 Å². The first-order valence-corrected chi connectivity index (χ1v) is 13.4. The molecule has 7 nitrogen and oxygen atoms in total. The first-order chi connectivity index (χ1) is 17.3. The number of anilines is 2. The molecule has 1 aliphatic heterocycles. The van der Waals surface area contributed by atoms with Crippen molar-refractivity contribution in [3.63, 3.8) is 0 Å². The van der Waals surface area contributed by atoms with Crippen LogP contribution < -0.4 is 13.9 Å². The molecule has 190 valence electrons. The van der Waals surface area contributed by atoms with E-state index in [4.69, 9.17) is 16.3 Å². The van der Waals surface area contributed by atoms with E-state index in [2.05, 4.69) is 4.90 Å². The second kappa shape index (κ2) is 11.2. The Bertz CT molecular complexity index is 1300. The molecular formula is C26H27ClFN3O4S. The highest BCUT2D eigenvalue weighted by Crippen LogP contribution is 2.33. The Hall–Kier alpha value is -3.30. The summed E-state index contributed by atoms with van der Waals surface area (Å²) in [6.07, 6.45) is 0. The topological polar surface area (TPSA) is 70.2 Å². The zero-order valence-corrected chi connectivity index (χ0v) is 21.4. The molecule has 0 aromatic heterocycles. The highest BCUT2D eigenvalue weighted by atomic mass is 35.5. The second-order valence-corrected chi connectivity index (χ2v) is 10.5. The minimum atomic E-state index is -4.10. The van der Waals surface area contributed by atoms with Crippen LogP contribution in [0.25, 0.3) is 0 Å². The van der Waals surface area contributed by atoms with Gasteiger partial charge in [-0.3, -0.25) is 9.10 Å². The van der Waals surface area contributed by atoms with Gasteiger partial charge in [-0.1, -0.05) is 23.7 Å². The minimum absolute atomic E-state index is 0.0205.